The molecule has 0 N–H and O–H groups in total. The van der Waals surface area contributed by atoms with Crippen LogP contribution in [0.2, 0.25) is 0 Å². The molecule has 1 heterocycles. The van der Waals surface area contributed by atoms with Crippen molar-refractivity contribution >= 4 is 0 Å². The summed E-state index contributed by atoms with van der Waals surface area (Å²) in [5, 5.41) is 0. The quantitative estimate of drug-likeness (QED) is 0.620. The Balaban J connectivity index is 2.20. The maximum atomic E-state index is 5.52. The van der Waals surface area contributed by atoms with E-state index in [1.54, 1.807) is 0 Å². The fraction of sp³-hybridized carbons (Fsp3) is 0.667. The van der Waals surface area contributed by atoms with Gasteiger partial charge in [0.15, 0.2) is 0 Å². The Labute approximate surface area is 91.4 Å². The van der Waals surface area contributed by atoms with Crippen molar-refractivity contribution in [2.75, 3.05) is 13.2 Å². The van der Waals surface area contributed by atoms with Crippen LogP contribution in [0.5, 0.6) is 0 Å². The smallest absolute Gasteiger partial charge is 0.129 e. The van der Waals surface area contributed by atoms with Crippen molar-refractivity contribution < 1.29 is 13.9 Å². The Bertz CT molecular complexity index is 255. The molecule has 0 saturated heterocycles. The highest BCUT2D eigenvalue weighted by Gasteiger charge is 2.01. The minimum Gasteiger partial charge on any atom is -0.461 e. The maximum absolute atomic E-state index is 5.52. The van der Waals surface area contributed by atoms with Gasteiger partial charge in [-0.05, 0) is 25.5 Å². The first-order chi connectivity index (χ1) is 7.36. The molecule has 0 amide bonds. The van der Waals surface area contributed by atoms with E-state index in [9.17, 15) is 0 Å². The van der Waals surface area contributed by atoms with E-state index in [1.165, 1.54) is 0 Å². The first-order valence-corrected chi connectivity index (χ1v) is 5.59. The van der Waals surface area contributed by atoms with Gasteiger partial charge in [0.2, 0.25) is 0 Å². The molecule has 86 valence electrons. The van der Waals surface area contributed by atoms with Crippen molar-refractivity contribution in [2.24, 2.45) is 0 Å². The highest BCUT2D eigenvalue weighted by atomic mass is 16.5. The lowest BCUT2D eigenvalue weighted by molar-refractivity contribution is 0.0924. The molecule has 0 unspecified atom stereocenters. The van der Waals surface area contributed by atoms with Gasteiger partial charge >= 0.3 is 0 Å². The molecule has 0 aliphatic rings. The molecule has 1 rings (SSSR count). The zero-order valence-electron chi connectivity index (χ0n) is 9.62. The monoisotopic (exact) mass is 212 g/mol. The van der Waals surface area contributed by atoms with Gasteiger partial charge in [-0.2, -0.15) is 0 Å². The van der Waals surface area contributed by atoms with Crippen molar-refractivity contribution in [3.8, 4) is 0 Å². The van der Waals surface area contributed by atoms with Crippen molar-refractivity contribution in [1.82, 2.24) is 0 Å². The third-order valence-corrected chi connectivity index (χ3v) is 2.05. The summed E-state index contributed by atoms with van der Waals surface area (Å²) in [6, 6.07) is 3.88. The zero-order valence-corrected chi connectivity index (χ0v) is 9.62. The fourth-order valence-corrected chi connectivity index (χ4v) is 1.20. The van der Waals surface area contributed by atoms with E-state index in [1.807, 2.05) is 19.1 Å². The second-order valence-corrected chi connectivity index (χ2v) is 3.41. The zero-order chi connectivity index (χ0) is 10.9. The summed E-state index contributed by atoms with van der Waals surface area (Å²) in [6.07, 6.45) is 2.26. The topological polar surface area (TPSA) is 31.6 Å². The predicted octanol–water partition coefficient (Wildman–Crippen LogP) is 3.13. The molecule has 0 atom stereocenters. The van der Waals surface area contributed by atoms with Gasteiger partial charge in [-0.15, -0.1) is 0 Å². The van der Waals surface area contributed by atoms with Gasteiger partial charge in [0.25, 0.3) is 0 Å². The van der Waals surface area contributed by atoms with Gasteiger partial charge < -0.3 is 13.9 Å². The summed E-state index contributed by atoms with van der Waals surface area (Å²) >= 11 is 0. The molecule has 0 aliphatic carbocycles. The van der Waals surface area contributed by atoms with Gasteiger partial charge in [-0.1, -0.05) is 13.3 Å². The van der Waals surface area contributed by atoms with Crippen LogP contribution in [0.25, 0.3) is 0 Å². The summed E-state index contributed by atoms with van der Waals surface area (Å²) < 4.78 is 16.2. The average molecular weight is 212 g/mol. The van der Waals surface area contributed by atoms with Crippen LogP contribution in [0.3, 0.4) is 0 Å². The van der Waals surface area contributed by atoms with E-state index in [2.05, 4.69) is 6.92 Å². The van der Waals surface area contributed by atoms with Crippen LogP contribution >= 0.6 is 0 Å². The third kappa shape index (κ3) is 5.00. The van der Waals surface area contributed by atoms with Crippen LogP contribution in [0.4, 0.5) is 0 Å². The summed E-state index contributed by atoms with van der Waals surface area (Å²) in [4.78, 5) is 0. The van der Waals surface area contributed by atoms with E-state index in [-0.39, 0.29) is 0 Å². The molecule has 15 heavy (non-hydrogen) atoms. The van der Waals surface area contributed by atoms with Crippen LogP contribution in [-0.4, -0.2) is 13.2 Å². The van der Waals surface area contributed by atoms with Crippen molar-refractivity contribution in [3.05, 3.63) is 23.7 Å². The number of hydrogen-bond donors (Lipinski definition) is 0. The average Bonchev–Trinajstić information content (AvgIpc) is 2.69. The number of ether oxygens (including phenoxy) is 2. The van der Waals surface area contributed by atoms with E-state index >= 15 is 0 Å². The van der Waals surface area contributed by atoms with Crippen LogP contribution in [0.15, 0.2) is 16.5 Å². The Hall–Kier alpha value is -0.800. The minimum absolute atomic E-state index is 0.547. The van der Waals surface area contributed by atoms with Crippen LogP contribution in [0.1, 0.15) is 38.2 Å². The van der Waals surface area contributed by atoms with E-state index < -0.39 is 0 Å². The number of furan rings is 1. The predicted molar refractivity (Wildman–Crippen MR) is 58.6 cm³/mol. The lowest BCUT2D eigenvalue weighted by Crippen LogP contribution is -1.93. The second kappa shape index (κ2) is 7.49. The lowest BCUT2D eigenvalue weighted by atomic mass is 10.4. The third-order valence-electron chi connectivity index (χ3n) is 2.05. The molecule has 0 radical (unpaired) electrons. The summed E-state index contributed by atoms with van der Waals surface area (Å²) in [5.41, 5.74) is 0. The van der Waals surface area contributed by atoms with Crippen molar-refractivity contribution in [3.63, 3.8) is 0 Å². The fourth-order valence-electron chi connectivity index (χ4n) is 1.20. The van der Waals surface area contributed by atoms with Crippen LogP contribution in [-0.2, 0) is 22.7 Å². The van der Waals surface area contributed by atoms with E-state index in [0.29, 0.717) is 19.8 Å². The van der Waals surface area contributed by atoms with Gasteiger partial charge in [0, 0.05) is 13.2 Å². The number of unbranched alkanes of at least 4 members (excludes halogenated alkanes) is 1. The molecule has 0 fully saturated rings. The van der Waals surface area contributed by atoms with Gasteiger partial charge in [-0.25, -0.2) is 0 Å². The first-order valence-electron chi connectivity index (χ1n) is 5.59. The molecule has 0 aromatic carbocycles. The van der Waals surface area contributed by atoms with Gasteiger partial charge in [-0.3, -0.25) is 0 Å². The Morgan fingerprint density at radius 1 is 1.07 bits per heavy atom. The Morgan fingerprint density at radius 2 is 1.73 bits per heavy atom. The van der Waals surface area contributed by atoms with Crippen LogP contribution < -0.4 is 0 Å². The maximum Gasteiger partial charge on any atom is 0.129 e. The molecule has 0 spiro atoms. The largest absolute Gasteiger partial charge is 0.461 e. The highest BCUT2D eigenvalue weighted by Crippen LogP contribution is 2.10. The van der Waals surface area contributed by atoms with E-state index in [0.717, 1.165) is 31.0 Å². The normalized spacial score (nSPS) is 10.8. The molecule has 0 saturated carbocycles. The van der Waals surface area contributed by atoms with Gasteiger partial charge in [0.1, 0.15) is 24.7 Å². The molecule has 1 aromatic rings. The summed E-state index contributed by atoms with van der Waals surface area (Å²) in [6.45, 7) is 6.74. The Morgan fingerprint density at radius 3 is 2.33 bits per heavy atom. The SMILES string of the molecule is CCCCOCc1ccc(COCC)o1. The van der Waals surface area contributed by atoms with Crippen molar-refractivity contribution in [1.29, 1.82) is 0 Å². The Kier molecular flexibility index (Phi) is 6.12. The number of hydrogen-bond acceptors (Lipinski definition) is 3. The van der Waals surface area contributed by atoms with E-state index in [4.69, 9.17) is 13.9 Å². The summed E-state index contributed by atoms with van der Waals surface area (Å²) in [7, 11) is 0. The lowest BCUT2D eigenvalue weighted by Gasteiger charge is -2.00. The van der Waals surface area contributed by atoms with Crippen molar-refractivity contribution in [2.45, 2.75) is 39.9 Å². The highest BCUT2D eigenvalue weighted by molar-refractivity contribution is 5.05. The molecular formula is C12H20O3. The molecule has 3 heteroatoms. The van der Waals surface area contributed by atoms with Gasteiger partial charge in [0.05, 0.1) is 0 Å². The molecular weight excluding hydrogens is 192 g/mol. The summed E-state index contributed by atoms with van der Waals surface area (Å²) in [5.74, 6) is 1.74. The molecule has 3 nitrogen and oxygen atoms in total. The minimum atomic E-state index is 0.547. The molecule has 0 aliphatic heterocycles. The molecule has 1 aromatic heterocycles. The second-order valence-electron chi connectivity index (χ2n) is 3.41. The molecule has 0 bridgehead atoms. The first kappa shape index (κ1) is 12.3. The van der Waals surface area contributed by atoms with Crippen LogP contribution in [0, 0.1) is 0 Å². The standard InChI is InChI=1S/C12H20O3/c1-3-5-8-14-10-12-7-6-11(15-12)9-13-4-2/h6-7H,3-5,8-10H2,1-2H3. The number of rotatable bonds is 8.